The van der Waals surface area contributed by atoms with Gasteiger partial charge in [0.05, 0.1) is 12.0 Å². The summed E-state index contributed by atoms with van der Waals surface area (Å²) in [5.41, 5.74) is 0. The van der Waals surface area contributed by atoms with Crippen molar-refractivity contribution in [2.45, 2.75) is 25.8 Å². The van der Waals surface area contributed by atoms with Crippen LogP contribution in [-0.2, 0) is 19.9 Å². The number of piperidine rings is 1. The molecule has 1 N–H and O–H groups in total. The molecular formula is C11H24N2O4S2. The van der Waals surface area contributed by atoms with E-state index in [0.29, 0.717) is 19.6 Å². The van der Waals surface area contributed by atoms with Crippen LogP contribution in [0, 0.1) is 5.92 Å². The minimum atomic E-state index is -3.12. The Kier molecular flexibility index (Phi) is 5.78. The maximum Gasteiger partial charge on any atom is 0.211 e. The van der Waals surface area contributed by atoms with Crippen LogP contribution in [0.4, 0.5) is 0 Å². The molecule has 1 aliphatic rings. The van der Waals surface area contributed by atoms with Crippen molar-refractivity contribution in [3.63, 3.8) is 0 Å². The minimum Gasteiger partial charge on any atom is -0.313 e. The Morgan fingerprint density at radius 1 is 1.26 bits per heavy atom. The molecule has 1 saturated heterocycles. The zero-order valence-electron chi connectivity index (χ0n) is 11.8. The molecule has 0 aromatic rings. The van der Waals surface area contributed by atoms with Gasteiger partial charge in [0.2, 0.25) is 10.0 Å². The Morgan fingerprint density at radius 2 is 1.89 bits per heavy atom. The average molecular weight is 312 g/mol. The van der Waals surface area contributed by atoms with Crippen LogP contribution < -0.4 is 5.32 Å². The van der Waals surface area contributed by atoms with Gasteiger partial charge in [-0.05, 0) is 32.2 Å². The maximum absolute atomic E-state index is 11.5. The topological polar surface area (TPSA) is 83.6 Å². The van der Waals surface area contributed by atoms with E-state index >= 15 is 0 Å². The van der Waals surface area contributed by atoms with Crippen molar-refractivity contribution in [3.05, 3.63) is 0 Å². The molecule has 2 unspecified atom stereocenters. The molecule has 6 nitrogen and oxygen atoms in total. The zero-order valence-corrected chi connectivity index (χ0v) is 13.4. The zero-order chi connectivity index (χ0) is 14.7. The predicted octanol–water partition coefficient (Wildman–Crippen LogP) is -0.319. The van der Waals surface area contributed by atoms with Crippen LogP contribution in [0.1, 0.15) is 19.8 Å². The molecule has 0 bridgehead atoms. The number of nitrogens with one attached hydrogen (secondary N) is 1. The number of hydrogen-bond acceptors (Lipinski definition) is 5. The fraction of sp³-hybridized carbons (Fsp3) is 1.00. The Bertz CT molecular complexity index is 487. The van der Waals surface area contributed by atoms with Crippen LogP contribution >= 0.6 is 0 Å². The van der Waals surface area contributed by atoms with Gasteiger partial charge in [-0.2, -0.15) is 0 Å². The van der Waals surface area contributed by atoms with Gasteiger partial charge in [-0.25, -0.2) is 21.1 Å². The van der Waals surface area contributed by atoms with Gasteiger partial charge >= 0.3 is 0 Å². The molecule has 0 saturated carbocycles. The molecule has 0 aromatic carbocycles. The van der Waals surface area contributed by atoms with E-state index in [9.17, 15) is 16.8 Å². The summed E-state index contributed by atoms with van der Waals surface area (Å²) in [5.74, 6) is 0.362. The van der Waals surface area contributed by atoms with Gasteiger partial charge in [0.1, 0.15) is 9.84 Å². The molecule has 0 amide bonds. The first kappa shape index (κ1) is 16.9. The highest BCUT2D eigenvalue weighted by Crippen LogP contribution is 2.18. The van der Waals surface area contributed by atoms with Crippen molar-refractivity contribution < 1.29 is 16.8 Å². The molecule has 2 atom stereocenters. The molecular weight excluding hydrogens is 288 g/mol. The summed E-state index contributed by atoms with van der Waals surface area (Å²) in [6.07, 6.45) is 4.29. The van der Waals surface area contributed by atoms with Crippen LogP contribution in [0.2, 0.25) is 0 Å². The number of sulfone groups is 1. The summed E-state index contributed by atoms with van der Waals surface area (Å²) in [7, 11) is -6.10. The Balaban J connectivity index is 2.41. The van der Waals surface area contributed by atoms with Crippen molar-refractivity contribution in [2.24, 2.45) is 5.92 Å². The minimum absolute atomic E-state index is 0.107. The monoisotopic (exact) mass is 312 g/mol. The number of nitrogens with zero attached hydrogens (tertiary/aromatic N) is 1. The first-order chi connectivity index (χ1) is 8.58. The van der Waals surface area contributed by atoms with Gasteiger partial charge in [0.25, 0.3) is 0 Å². The lowest BCUT2D eigenvalue weighted by Crippen LogP contribution is -2.44. The molecule has 114 valence electrons. The molecule has 0 radical (unpaired) electrons. The summed E-state index contributed by atoms with van der Waals surface area (Å²) >= 11 is 0. The van der Waals surface area contributed by atoms with Crippen molar-refractivity contribution in [2.75, 3.05) is 37.9 Å². The summed E-state index contributed by atoms with van der Waals surface area (Å²) in [6, 6.07) is -0.108. The molecule has 1 aliphatic heterocycles. The fourth-order valence-corrected chi connectivity index (χ4v) is 4.34. The third kappa shape index (κ3) is 6.69. The van der Waals surface area contributed by atoms with E-state index in [1.165, 1.54) is 16.8 Å². The molecule has 1 rings (SSSR count). The van der Waals surface area contributed by atoms with E-state index < -0.39 is 19.9 Å². The van der Waals surface area contributed by atoms with E-state index in [2.05, 4.69) is 5.32 Å². The van der Waals surface area contributed by atoms with Gasteiger partial charge < -0.3 is 5.32 Å². The maximum atomic E-state index is 11.5. The van der Waals surface area contributed by atoms with E-state index in [4.69, 9.17) is 0 Å². The molecule has 0 spiro atoms. The quantitative estimate of drug-likeness (QED) is 0.727. The average Bonchev–Trinajstić information content (AvgIpc) is 2.23. The molecule has 19 heavy (non-hydrogen) atoms. The lowest BCUT2D eigenvalue weighted by atomic mass is 9.99. The molecule has 8 heteroatoms. The number of rotatable bonds is 6. The molecule has 1 fully saturated rings. The largest absolute Gasteiger partial charge is 0.313 e. The predicted molar refractivity (Wildman–Crippen MR) is 76.3 cm³/mol. The third-order valence-electron chi connectivity index (χ3n) is 3.26. The highest BCUT2D eigenvalue weighted by Gasteiger charge is 2.26. The molecule has 0 aliphatic carbocycles. The Labute approximate surface area is 116 Å². The summed E-state index contributed by atoms with van der Waals surface area (Å²) in [4.78, 5) is 0. The normalized spacial score (nSPS) is 24.3. The lowest BCUT2D eigenvalue weighted by Gasteiger charge is -2.31. The van der Waals surface area contributed by atoms with Crippen LogP contribution in [-0.4, -0.2) is 65.1 Å². The van der Waals surface area contributed by atoms with Crippen LogP contribution in [0.5, 0.6) is 0 Å². The Hall–Kier alpha value is -0.180. The van der Waals surface area contributed by atoms with E-state index in [-0.39, 0.29) is 17.7 Å². The summed E-state index contributed by atoms with van der Waals surface area (Å²) in [6.45, 7) is 3.60. The second-order valence-corrected chi connectivity index (χ2v) is 9.70. The van der Waals surface area contributed by atoms with E-state index in [1.54, 1.807) is 0 Å². The van der Waals surface area contributed by atoms with Gasteiger partial charge in [-0.15, -0.1) is 0 Å². The Morgan fingerprint density at radius 3 is 2.42 bits per heavy atom. The fourth-order valence-electron chi connectivity index (χ4n) is 2.38. The van der Waals surface area contributed by atoms with Crippen LogP contribution in [0.3, 0.4) is 0 Å². The van der Waals surface area contributed by atoms with Gasteiger partial charge in [-0.1, -0.05) is 0 Å². The SMILES string of the molecule is CC(CS(C)(=O)=O)NCC1CCCN(S(C)(=O)=O)C1. The van der Waals surface area contributed by atoms with Crippen molar-refractivity contribution in [3.8, 4) is 0 Å². The molecule has 1 heterocycles. The van der Waals surface area contributed by atoms with Crippen molar-refractivity contribution >= 4 is 19.9 Å². The highest BCUT2D eigenvalue weighted by molar-refractivity contribution is 7.90. The van der Waals surface area contributed by atoms with Crippen molar-refractivity contribution in [1.29, 1.82) is 0 Å². The van der Waals surface area contributed by atoms with Gasteiger partial charge in [0.15, 0.2) is 0 Å². The summed E-state index contributed by atoms with van der Waals surface area (Å²) in [5, 5.41) is 3.18. The smallest absolute Gasteiger partial charge is 0.211 e. The third-order valence-corrected chi connectivity index (χ3v) is 5.63. The van der Waals surface area contributed by atoms with Gasteiger partial charge in [-0.3, -0.25) is 0 Å². The second-order valence-electron chi connectivity index (χ2n) is 5.53. The summed E-state index contributed by atoms with van der Waals surface area (Å²) < 4.78 is 46.8. The van der Waals surface area contributed by atoms with E-state index in [0.717, 1.165) is 12.8 Å². The van der Waals surface area contributed by atoms with Crippen LogP contribution in [0.15, 0.2) is 0 Å². The van der Waals surface area contributed by atoms with Crippen molar-refractivity contribution in [1.82, 2.24) is 9.62 Å². The standard InChI is InChI=1S/C11H24N2O4S2/c1-10(9-18(2,14)15)12-7-11-5-4-6-13(8-11)19(3,16)17/h10-12H,4-9H2,1-3H3. The number of sulfonamides is 1. The number of hydrogen-bond donors (Lipinski definition) is 1. The van der Waals surface area contributed by atoms with Gasteiger partial charge in [0, 0.05) is 25.4 Å². The highest BCUT2D eigenvalue weighted by atomic mass is 32.2. The second kappa shape index (κ2) is 6.51. The van der Waals surface area contributed by atoms with Crippen LogP contribution in [0.25, 0.3) is 0 Å². The molecule has 0 aromatic heterocycles. The van der Waals surface area contributed by atoms with E-state index in [1.807, 2.05) is 6.92 Å². The lowest BCUT2D eigenvalue weighted by molar-refractivity contribution is 0.258. The first-order valence-corrected chi connectivity index (χ1v) is 10.3. The first-order valence-electron chi connectivity index (χ1n) is 6.44.